The van der Waals surface area contributed by atoms with Crippen molar-refractivity contribution in [2.24, 2.45) is 34.1 Å². The molecule has 0 aliphatic heterocycles. The molecular formula is C44H59N5O8. The Labute approximate surface area is 334 Å². The maximum atomic E-state index is 14.6. The van der Waals surface area contributed by atoms with Crippen LogP contribution in [-0.2, 0) is 52.4 Å². The molecule has 4 aliphatic carbocycles. The maximum Gasteiger partial charge on any atom is 0.303 e. The molecule has 9 N–H and O–H groups in total. The Morgan fingerprint density at radius 1 is 0.649 bits per heavy atom. The van der Waals surface area contributed by atoms with E-state index in [-0.39, 0.29) is 60.2 Å². The second-order valence-corrected chi connectivity index (χ2v) is 18.1. The summed E-state index contributed by atoms with van der Waals surface area (Å²) in [5.41, 5.74) is 15.2. The van der Waals surface area contributed by atoms with Crippen molar-refractivity contribution in [1.82, 2.24) is 5.32 Å². The highest BCUT2D eigenvalue weighted by atomic mass is 16.4. The van der Waals surface area contributed by atoms with E-state index in [1.165, 1.54) is 0 Å². The third-order valence-electron chi connectivity index (χ3n) is 14.5. The predicted molar refractivity (Wildman–Crippen MR) is 215 cm³/mol. The third-order valence-corrected chi connectivity index (χ3v) is 14.5. The molecule has 0 radical (unpaired) electrons. The number of hydrogen-bond donors (Lipinski definition) is 7. The van der Waals surface area contributed by atoms with Crippen LogP contribution >= 0.6 is 0 Å². The van der Waals surface area contributed by atoms with Crippen LogP contribution in [0.5, 0.6) is 0 Å². The van der Waals surface area contributed by atoms with E-state index in [4.69, 9.17) is 21.7 Å². The first kappa shape index (κ1) is 42.0. The number of carboxylic acid groups (broad SMARTS) is 2. The van der Waals surface area contributed by atoms with Gasteiger partial charge in [-0.1, -0.05) is 52.7 Å². The summed E-state index contributed by atoms with van der Waals surface area (Å²) in [6.45, 7) is 8.40. The molecule has 4 amide bonds. The van der Waals surface area contributed by atoms with E-state index in [0.717, 1.165) is 73.6 Å². The lowest BCUT2D eigenvalue weighted by atomic mass is 9.49. The Kier molecular flexibility index (Phi) is 11.8. The van der Waals surface area contributed by atoms with E-state index >= 15 is 0 Å². The number of hydrogen-bond acceptors (Lipinski definition) is 8. The second-order valence-electron chi connectivity index (χ2n) is 18.1. The van der Waals surface area contributed by atoms with Gasteiger partial charge in [0.1, 0.15) is 0 Å². The van der Waals surface area contributed by atoms with Gasteiger partial charge in [0.25, 0.3) is 0 Å². The predicted octanol–water partition coefficient (Wildman–Crippen LogP) is 5.31. The van der Waals surface area contributed by atoms with Crippen molar-refractivity contribution in [2.75, 3.05) is 10.6 Å². The summed E-state index contributed by atoms with van der Waals surface area (Å²) >= 11 is 0. The molecule has 2 fully saturated rings. The molecule has 57 heavy (non-hydrogen) atoms. The zero-order valence-corrected chi connectivity index (χ0v) is 33.7. The lowest BCUT2D eigenvalue weighted by Gasteiger charge is -2.56. The molecule has 308 valence electrons. The first-order valence-corrected chi connectivity index (χ1v) is 20.5. The number of nitrogens with two attached hydrogens (primary N) is 2. The fourth-order valence-corrected chi connectivity index (χ4v) is 11.3. The summed E-state index contributed by atoms with van der Waals surface area (Å²) in [6.07, 6.45) is 7.32. The molecule has 2 aromatic carbocycles. The van der Waals surface area contributed by atoms with Gasteiger partial charge in [0.05, 0.1) is 22.9 Å². The molecule has 0 aromatic heterocycles. The topological polar surface area (TPSA) is 231 Å². The van der Waals surface area contributed by atoms with Gasteiger partial charge in [-0.25, -0.2) is 0 Å². The fraction of sp³-hybridized carbons (Fsp3) is 0.591. The first-order chi connectivity index (χ1) is 26.8. The minimum Gasteiger partial charge on any atom is -0.481 e. The molecule has 2 saturated carbocycles. The average molecular weight is 786 g/mol. The van der Waals surface area contributed by atoms with Crippen LogP contribution in [0, 0.1) is 22.7 Å². The molecule has 4 aliphatic rings. The van der Waals surface area contributed by atoms with Gasteiger partial charge in [-0.05, 0) is 133 Å². The zero-order chi connectivity index (χ0) is 41.5. The molecule has 0 heterocycles. The van der Waals surface area contributed by atoms with E-state index in [1.807, 2.05) is 50.2 Å². The summed E-state index contributed by atoms with van der Waals surface area (Å²) in [5.74, 6) is -3.52. The smallest absolute Gasteiger partial charge is 0.303 e. The van der Waals surface area contributed by atoms with Crippen LogP contribution in [-0.4, -0.2) is 57.9 Å². The SMILES string of the molecule is C[C@]1(C(=O)NC(=O)[C@@]2(C)CCC[C@]3(C)c4cc(NC(=O)[C@@H](N)CCC(=O)O)ccc4CC[C@@H]23)CCC[C@]2(C)c3cc(NC(=O)[C@@H](N)CCC(=O)O)ccc3CC[C@@H]12. The number of carbonyl (C=O) groups is 6. The average Bonchev–Trinajstić information content (AvgIpc) is 3.16. The van der Waals surface area contributed by atoms with Gasteiger partial charge < -0.3 is 32.3 Å². The number of imide groups is 1. The molecular weight excluding hydrogens is 727 g/mol. The molecule has 6 rings (SSSR count). The number of amides is 4. The van der Waals surface area contributed by atoms with Crippen LogP contribution in [0.2, 0.25) is 0 Å². The van der Waals surface area contributed by atoms with Crippen molar-refractivity contribution in [3.05, 3.63) is 58.7 Å². The Hall–Kier alpha value is -4.62. The fourth-order valence-electron chi connectivity index (χ4n) is 11.3. The quantitative estimate of drug-likeness (QED) is 0.137. The van der Waals surface area contributed by atoms with Crippen LogP contribution in [0.25, 0.3) is 0 Å². The summed E-state index contributed by atoms with van der Waals surface area (Å²) in [4.78, 5) is 76.9. The number of anilines is 2. The summed E-state index contributed by atoms with van der Waals surface area (Å²) in [5, 5.41) is 26.7. The van der Waals surface area contributed by atoms with E-state index in [2.05, 4.69) is 29.8 Å². The number of rotatable bonds is 12. The number of aliphatic carboxylic acids is 2. The summed E-state index contributed by atoms with van der Waals surface area (Å²) in [7, 11) is 0. The van der Waals surface area contributed by atoms with Crippen LogP contribution in [0.4, 0.5) is 11.4 Å². The summed E-state index contributed by atoms with van der Waals surface area (Å²) < 4.78 is 0. The standard InChI is InChI=1S/C44H59N5O8/c1-41-19-5-21-43(3,33(41)15-9-25-7-11-27(23-29(25)41)47-37(54)31(45)13-17-35(50)51)39(56)49-40(57)44(4)22-6-20-42(2)30-24-28(12-8-26(30)10-16-34(42)44)48-38(55)32(46)14-18-36(52)53/h7-8,11-12,23-24,31-34H,5-6,9-10,13-22,45-46H2,1-4H3,(H,47,54)(H,48,55)(H,50,51)(H,52,53)(H,49,56,57)/t31-,32-,33+,34+,41+,42+,43-,44-/m0/s1. The second kappa shape index (κ2) is 16.0. The number of fused-ring (bicyclic) bond motifs is 6. The van der Waals surface area contributed by atoms with Crippen LogP contribution in [0.1, 0.15) is 127 Å². The number of benzene rings is 2. The summed E-state index contributed by atoms with van der Waals surface area (Å²) in [6, 6.07) is 9.76. The molecule has 13 heteroatoms. The molecule has 13 nitrogen and oxygen atoms in total. The van der Waals surface area contributed by atoms with Crippen molar-refractivity contribution < 1.29 is 39.0 Å². The van der Waals surface area contributed by atoms with Crippen LogP contribution < -0.4 is 27.4 Å². The van der Waals surface area contributed by atoms with Crippen molar-refractivity contribution in [2.45, 2.75) is 141 Å². The van der Waals surface area contributed by atoms with Gasteiger partial charge in [0.2, 0.25) is 23.6 Å². The normalized spacial score (nSPS) is 29.9. The monoisotopic (exact) mass is 785 g/mol. The molecule has 0 unspecified atom stereocenters. The molecule has 0 spiro atoms. The number of nitrogens with one attached hydrogen (secondary N) is 3. The van der Waals surface area contributed by atoms with E-state index in [9.17, 15) is 28.8 Å². The van der Waals surface area contributed by atoms with E-state index in [0.29, 0.717) is 24.2 Å². The first-order valence-electron chi connectivity index (χ1n) is 20.5. The van der Waals surface area contributed by atoms with Crippen LogP contribution in [0.15, 0.2) is 36.4 Å². The van der Waals surface area contributed by atoms with Gasteiger partial charge >= 0.3 is 11.9 Å². The van der Waals surface area contributed by atoms with Crippen molar-refractivity contribution in [3.8, 4) is 0 Å². The number of carboxylic acids is 2. The number of aryl methyl sites for hydroxylation is 2. The maximum absolute atomic E-state index is 14.6. The Morgan fingerprint density at radius 2 is 1.04 bits per heavy atom. The zero-order valence-electron chi connectivity index (χ0n) is 33.7. The molecule has 0 saturated heterocycles. The molecule has 8 atom stereocenters. The van der Waals surface area contributed by atoms with E-state index < -0.39 is 46.7 Å². The Balaban J connectivity index is 1.19. The Morgan fingerprint density at radius 3 is 1.40 bits per heavy atom. The van der Waals surface area contributed by atoms with Crippen molar-refractivity contribution in [3.63, 3.8) is 0 Å². The van der Waals surface area contributed by atoms with E-state index in [1.54, 1.807) is 0 Å². The van der Waals surface area contributed by atoms with Gasteiger partial charge in [-0.2, -0.15) is 0 Å². The molecule has 0 bridgehead atoms. The van der Waals surface area contributed by atoms with Gasteiger partial charge in [-0.15, -0.1) is 0 Å². The lowest BCUT2D eigenvalue weighted by Crippen LogP contribution is -2.60. The minimum absolute atomic E-state index is 0.0272. The van der Waals surface area contributed by atoms with Crippen LogP contribution in [0.3, 0.4) is 0 Å². The molecule has 2 aromatic rings. The number of carbonyl (C=O) groups excluding carboxylic acids is 4. The van der Waals surface area contributed by atoms with Gasteiger partial charge in [0.15, 0.2) is 0 Å². The highest BCUT2D eigenvalue weighted by Gasteiger charge is 2.58. The third kappa shape index (κ3) is 7.97. The minimum atomic E-state index is -1.01. The van der Waals surface area contributed by atoms with Gasteiger partial charge in [-0.3, -0.25) is 34.1 Å². The highest BCUT2D eigenvalue weighted by Crippen LogP contribution is 2.59. The highest BCUT2D eigenvalue weighted by molar-refractivity contribution is 6.01. The lowest BCUT2D eigenvalue weighted by molar-refractivity contribution is -0.150. The Bertz CT molecular complexity index is 1830. The van der Waals surface area contributed by atoms with Crippen molar-refractivity contribution >= 4 is 46.9 Å². The van der Waals surface area contributed by atoms with Gasteiger partial charge in [0, 0.05) is 24.2 Å². The largest absolute Gasteiger partial charge is 0.481 e. The van der Waals surface area contributed by atoms with Crippen molar-refractivity contribution in [1.29, 1.82) is 0 Å².